The van der Waals surface area contributed by atoms with Crippen molar-refractivity contribution in [1.82, 2.24) is 4.98 Å². The second kappa shape index (κ2) is 9.79. The third-order valence-corrected chi connectivity index (χ3v) is 3.84. The average molecular weight is 363 g/mol. The number of rotatable bonds is 7. The van der Waals surface area contributed by atoms with Crippen molar-refractivity contribution in [2.45, 2.75) is 39.5 Å². The highest BCUT2D eigenvalue weighted by atomic mass is 35.5. The first-order valence-electron chi connectivity index (χ1n) is 8.11. The summed E-state index contributed by atoms with van der Waals surface area (Å²) in [6.45, 7) is 3.86. The first kappa shape index (κ1) is 20.6. The predicted molar refractivity (Wildman–Crippen MR) is 101 cm³/mol. The van der Waals surface area contributed by atoms with E-state index in [0.29, 0.717) is 16.9 Å². The van der Waals surface area contributed by atoms with E-state index >= 15 is 0 Å². The largest absolute Gasteiger partial charge is 0.478 e. The van der Waals surface area contributed by atoms with Crippen LogP contribution in [0.2, 0.25) is 0 Å². The molecule has 0 radical (unpaired) electrons. The lowest BCUT2D eigenvalue weighted by molar-refractivity contribution is 0.0696. The summed E-state index contributed by atoms with van der Waals surface area (Å²) in [4.78, 5) is 27.4. The number of halogens is 1. The SMILES string of the molecule is CCCCCc1ccc(C(=O)Nc2ccc(C(=O)O)c(C)c2)nc1.Cl. The van der Waals surface area contributed by atoms with Gasteiger partial charge >= 0.3 is 5.97 Å². The van der Waals surface area contributed by atoms with Crippen LogP contribution in [0.15, 0.2) is 36.5 Å². The van der Waals surface area contributed by atoms with Gasteiger partial charge in [0.25, 0.3) is 5.91 Å². The minimum absolute atomic E-state index is 0. The molecule has 2 N–H and O–H groups in total. The average Bonchev–Trinajstić information content (AvgIpc) is 2.55. The summed E-state index contributed by atoms with van der Waals surface area (Å²) in [5, 5.41) is 11.8. The molecule has 0 fully saturated rings. The minimum Gasteiger partial charge on any atom is -0.478 e. The number of aryl methyl sites for hydroxylation is 2. The van der Waals surface area contributed by atoms with Gasteiger partial charge in [0.05, 0.1) is 5.56 Å². The van der Waals surface area contributed by atoms with E-state index in [-0.39, 0.29) is 23.9 Å². The lowest BCUT2D eigenvalue weighted by Crippen LogP contribution is -2.14. The van der Waals surface area contributed by atoms with E-state index in [0.717, 1.165) is 18.4 Å². The van der Waals surface area contributed by atoms with Crippen LogP contribution in [0.5, 0.6) is 0 Å². The Hall–Kier alpha value is -2.40. The van der Waals surface area contributed by atoms with Crippen molar-refractivity contribution < 1.29 is 14.7 Å². The number of carboxylic acids is 1. The molecule has 0 atom stereocenters. The summed E-state index contributed by atoms with van der Waals surface area (Å²) in [6, 6.07) is 8.34. The van der Waals surface area contributed by atoms with Crippen molar-refractivity contribution >= 4 is 30.0 Å². The van der Waals surface area contributed by atoms with Gasteiger partial charge in [-0.3, -0.25) is 9.78 Å². The normalized spacial score (nSPS) is 10.0. The summed E-state index contributed by atoms with van der Waals surface area (Å²) in [5.41, 5.74) is 2.84. The van der Waals surface area contributed by atoms with Gasteiger partial charge < -0.3 is 10.4 Å². The summed E-state index contributed by atoms with van der Waals surface area (Å²) < 4.78 is 0. The smallest absolute Gasteiger partial charge is 0.335 e. The van der Waals surface area contributed by atoms with Gasteiger partial charge in [-0.1, -0.05) is 25.8 Å². The fourth-order valence-electron chi connectivity index (χ4n) is 2.46. The number of benzene rings is 1. The highest BCUT2D eigenvalue weighted by Gasteiger charge is 2.11. The Kier molecular flexibility index (Phi) is 8.08. The predicted octanol–water partition coefficient (Wildman–Crippen LogP) is 4.50. The van der Waals surface area contributed by atoms with Gasteiger partial charge in [-0.2, -0.15) is 0 Å². The van der Waals surface area contributed by atoms with Crippen LogP contribution < -0.4 is 5.32 Å². The fraction of sp³-hybridized carbons (Fsp3) is 0.316. The van der Waals surface area contributed by atoms with E-state index in [1.54, 1.807) is 31.3 Å². The standard InChI is InChI=1S/C19H22N2O3.ClH/c1-3-4-5-6-14-7-10-17(20-12-14)18(22)21-15-8-9-16(19(23)24)13(2)11-15;/h7-12H,3-6H2,1-2H3,(H,21,22)(H,23,24);1H. The Bertz CT molecular complexity index is 730. The number of pyridine rings is 1. The summed E-state index contributed by atoms with van der Waals surface area (Å²) in [6.07, 6.45) is 6.20. The highest BCUT2D eigenvalue weighted by molar-refractivity contribution is 6.03. The number of nitrogens with zero attached hydrogens (tertiary/aromatic N) is 1. The van der Waals surface area contributed by atoms with Crippen molar-refractivity contribution in [3.05, 3.63) is 58.9 Å². The molecule has 1 heterocycles. The van der Waals surface area contributed by atoms with E-state index in [2.05, 4.69) is 17.2 Å². The first-order valence-corrected chi connectivity index (χ1v) is 8.11. The Morgan fingerprint density at radius 3 is 2.48 bits per heavy atom. The maximum atomic E-state index is 12.2. The number of hydrogen-bond acceptors (Lipinski definition) is 3. The zero-order valence-corrected chi connectivity index (χ0v) is 15.2. The molecule has 6 heteroatoms. The molecule has 1 aromatic heterocycles. The molecular weight excluding hydrogens is 340 g/mol. The lowest BCUT2D eigenvalue weighted by atomic mass is 10.1. The Balaban J connectivity index is 0.00000312. The molecule has 0 spiro atoms. The van der Waals surface area contributed by atoms with E-state index in [4.69, 9.17) is 5.11 Å². The van der Waals surface area contributed by atoms with Gasteiger partial charge in [-0.15, -0.1) is 12.4 Å². The quantitative estimate of drug-likeness (QED) is 0.711. The molecule has 0 saturated carbocycles. The van der Waals surface area contributed by atoms with Crippen LogP contribution in [0.1, 0.15) is 58.2 Å². The number of nitrogens with one attached hydrogen (secondary N) is 1. The van der Waals surface area contributed by atoms with Crippen LogP contribution in [0.4, 0.5) is 5.69 Å². The number of carboxylic acid groups (broad SMARTS) is 1. The Morgan fingerprint density at radius 2 is 1.92 bits per heavy atom. The zero-order chi connectivity index (χ0) is 17.5. The van der Waals surface area contributed by atoms with Crippen LogP contribution >= 0.6 is 12.4 Å². The Morgan fingerprint density at radius 1 is 1.16 bits per heavy atom. The van der Waals surface area contributed by atoms with Crippen molar-refractivity contribution in [2.24, 2.45) is 0 Å². The van der Waals surface area contributed by atoms with Crippen LogP contribution in [-0.2, 0) is 6.42 Å². The van der Waals surface area contributed by atoms with E-state index in [1.165, 1.54) is 18.9 Å². The number of aromatic carboxylic acids is 1. The summed E-state index contributed by atoms with van der Waals surface area (Å²) >= 11 is 0. The number of carbonyl (C=O) groups excluding carboxylic acids is 1. The van der Waals surface area contributed by atoms with Gasteiger partial charge in [-0.05, 0) is 55.2 Å². The van der Waals surface area contributed by atoms with E-state index in [1.807, 2.05) is 6.07 Å². The van der Waals surface area contributed by atoms with Gasteiger partial charge in [-0.25, -0.2) is 4.79 Å². The van der Waals surface area contributed by atoms with Gasteiger partial charge in [0.15, 0.2) is 0 Å². The van der Waals surface area contributed by atoms with Crippen molar-refractivity contribution in [3.63, 3.8) is 0 Å². The van der Waals surface area contributed by atoms with E-state index in [9.17, 15) is 9.59 Å². The topological polar surface area (TPSA) is 79.3 Å². The molecule has 2 rings (SSSR count). The molecule has 134 valence electrons. The first-order chi connectivity index (χ1) is 11.5. The van der Waals surface area contributed by atoms with Crippen molar-refractivity contribution in [3.8, 4) is 0 Å². The van der Waals surface area contributed by atoms with Crippen molar-refractivity contribution in [2.75, 3.05) is 5.32 Å². The molecule has 0 aliphatic carbocycles. The molecular formula is C19H23ClN2O3. The van der Waals surface area contributed by atoms with E-state index < -0.39 is 5.97 Å². The molecule has 25 heavy (non-hydrogen) atoms. The maximum Gasteiger partial charge on any atom is 0.335 e. The number of carbonyl (C=O) groups is 2. The molecule has 2 aromatic rings. The Labute approximate surface area is 153 Å². The lowest BCUT2D eigenvalue weighted by Gasteiger charge is -2.08. The zero-order valence-electron chi connectivity index (χ0n) is 14.4. The third kappa shape index (κ3) is 5.87. The monoisotopic (exact) mass is 362 g/mol. The van der Waals surface area contributed by atoms with Crippen LogP contribution in [-0.4, -0.2) is 22.0 Å². The van der Waals surface area contributed by atoms with Gasteiger partial charge in [0.2, 0.25) is 0 Å². The number of anilines is 1. The fourth-order valence-corrected chi connectivity index (χ4v) is 2.46. The van der Waals surface area contributed by atoms with Crippen molar-refractivity contribution in [1.29, 1.82) is 0 Å². The molecule has 1 amide bonds. The van der Waals surface area contributed by atoms with Crippen LogP contribution in [0.25, 0.3) is 0 Å². The second-order valence-electron chi connectivity index (χ2n) is 5.80. The molecule has 0 aliphatic rings. The second-order valence-corrected chi connectivity index (χ2v) is 5.80. The highest BCUT2D eigenvalue weighted by Crippen LogP contribution is 2.16. The molecule has 0 saturated heterocycles. The molecule has 5 nitrogen and oxygen atoms in total. The molecule has 0 unspecified atom stereocenters. The number of amides is 1. The van der Waals surface area contributed by atoms with Crippen LogP contribution in [0.3, 0.4) is 0 Å². The van der Waals surface area contributed by atoms with Crippen LogP contribution in [0, 0.1) is 6.92 Å². The number of hydrogen-bond donors (Lipinski definition) is 2. The minimum atomic E-state index is -0.981. The number of unbranched alkanes of at least 4 members (excludes halogenated alkanes) is 2. The summed E-state index contributed by atoms with van der Waals surface area (Å²) in [7, 11) is 0. The maximum absolute atomic E-state index is 12.2. The molecule has 1 aromatic carbocycles. The summed E-state index contributed by atoms with van der Waals surface area (Å²) in [5.74, 6) is -1.29. The molecule has 0 bridgehead atoms. The van der Waals surface area contributed by atoms with Gasteiger partial charge in [0.1, 0.15) is 5.69 Å². The number of aromatic nitrogens is 1. The molecule has 0 aliphatic heterocycles. The van der Waals surface area contributed by atoms with Gasteiger partial charge in [0, 0.05) is 11.9 Å². The third-order valence-electron chi connectivity index (χ3n) is 3.84.